The molecule has 0 N–H and O–H groups in total. The van der Waals surface area contributed by atoms with Crippen LogP contribution in [0.25, 0.3) is 0 Å². The summed E-state index contributed by atoms with van der Waals surface area (Å²) in [5.41, 5.74) is 0. The fourth-order valence-electron chi connectivity index (χ4n) is 0.681. The standard InChI is InChI=1S/C7H9Cl2N3S/c1-2-3-4-13-7-11-5(8)10-6(9)12-7/h2-4H2,1H3. The molecule has 0 fully saturated rings. The summed E-state index contributed by atoms with van der Waals surface area (Å²) in [6, 6.07) is 0. The van der Waals surface area contributed by atoms with E-state index in [2.05, 4.69) is 21.9 Å². The van der Waals surface area contributed by atoms with Gasteiger partial charge in [0.25, 0.3) is 0 Å². The highest BCUT2D eigenvalue weighted by Crippen LogP contribution is 2.17. The van der Waals surface area contributed by atoms with Crippen LogP contribution in [0.1, 0.15) is 19.8 Å². The third-order valence-corrected chi connectivity index (χ3v) is 2.56. The molecule has 1 aromatic heterocycles. The first kappa shape index (κ1) is 11.0. The van der Waals surface area contributed by atoms with E-state index in [4.69, 9.17) is 23.2 Å². The first-order valence-electron chi connectivity index (χ1n) is 3.92. The molecule has 0 unspecified atom stereocenters. The van der Waals surface area contributed by atoms with Gasteiger partial charge in [-0.3, -0.25) is 0 Å². The summed E-state index contributed by atoms with van der Waals surface area (Å²) in [6.45, 7) is 2.13. The van der Waals surface area contributed by atoms with Crippen LogP contribution >= 0.6 is 35.0 Å². The van der Waals surface area contributed by atoms with Gasteiger partial charge in [0.15, 0.2) is 5.16 Å². The van der Waals surface area contributed by atoms with Crippen LogP contribution in [0, 0.1) is 0 Å². The summed E-state index contributed by atoms with van der Waals surface area (Å²) in [5, 5.41) is 0.899. The summed E-state index contributed by atoms with van der Waals surface area (Å²) in [7, 11) is 0. The van der Waals surface area contributed by atoms with Crippen LogP contribution in [-0.4, -0.2) is 20.7 Å². The smallest absolute Gasteiger partial charge is 0.192 e. The van der Waals surface area contributed by atoms with E-state index in [0.717, 1.165) is 18.6 Å². The number of unbranched alkanes of at least 4 members (excludes halogenated alkanes) is 1. The molecule has 0 bridgehead atoms. The molecular weight excluding hydrogens is 229 g/mol. The second kappa shape index (κ2) is 5.62. The van der Waals surface area contributed by atoms with E-state index >= 15 is 0 Å². The Morgan fingerprint density at radius 1 is 1.15 bits per heavy atom. The van der Waals surface area contributed by atoms with Crippen LogP contribution in [0.3, 0.4) is 0 Å². The number of nitrogens with zero attached hydrogens (tertiary/aromatic N) is 3. The second-order valence-corrected chi connectivity index (χ2v) is 4.10. The first-order valence-corrected chi connectivity index (χ1v) is 5.66. The highest BCUT2D eigenvalue weighted by atomic mass is 35.5. The van der Waals surface area contributed by atoms with Crippen molar-refractivity contribution in [3.8, 4) is 0 Å². The van der Waals surface area contributed by atoms with Crippen molar-refractivity contribution in [1.29, 1.82) is 0 Å². The number of hydrogen-bond donors (Lipinski definition) is 0. The molecule has 0 spiro atoms. The molecule has 0 amide bonds. The SMILES string of the molecule is CCCCSc1nc(Cl)nc(Cl)n1. The van der Waals surface area contributed by atoms with Crippen molar-refractivity contribution in [1.82, 2.24) is 15.0 Å². The Labute approximate surface area is 91.3 Å². The molecule has 6 heteroatoms. The zero-order chi connectivity index (χ0) is 9.68. The highest BCUT2D eigenvalue weighted by molar-refractivity contribution is 7.99. The first-order chi connectivity index (χ1) is 6.22. The molecule has 1 rings (SSSR count). The van der Waals surface area contributed by atoms with Gasteiger partial charge in [-0.1, -0.05) is 25.1 Å². The highest BCUT2D eigenvalue weighted by Gasteiger charge is 2.02. The van der Waals surface area contributed by atoms with E-state index < -0.39 is 0 Å². The minimum absolute atomic E-state index is 0.152. The Bertz CT molecular complexity index is 262. The minimum Gasteiger partial charge on any atom is -0.192 e. The van der Waals surface area contributed by atoms with Crippen molar-refractivity contribution in [3.63, 3.8) is 0 Å². The zero-order valence-electron chi connectivity index (χ0n) is 7.13. The van der Waals surface area contributed by atoms with Gasteiger partial charge in [-0.05, 0) is 29.6 Å². The third kappa shape index (κ3) is 4.11. The molecule has 0 atom stereocenters. The second-order valence-electron chi connectivity index (χ2n) is 2.36. The third-order valence-electron chi connectivity index (χ3n) is 1.29. The van der Waals surface area contributed by atoms with E-state index in [1.54, 1.807) is 11.8 Å². The normalized spacial score (nSPS) is 10.4. The summed E-state index contributed by atoms with van der Waals surface area (Å²) in [5.74, 6) is 0.979. The van der Waals surface area contributed by atoms with Gasteiger partial charge in [-0.15, -0.1) is 0 Å². The van der Waals surface area contributed by atoms with Crippen LogP contribution < -0.4 is 0 Å². The van der Waals surface area contributed by atoms with Crippen molar-refractivity contribution < 1.29 is 0 Å². The number of thioether (sulfide) groups is 1. The Morgan fingerprint density at radius 2 is 1.77 bits per heavy atom. The maximum atomic E-state index is 5.60. The maximum absolute atomic E-state index is 5.60. The topological polar surface area (TPSA) is 38.7 Å². The molecule has 0 aliphatic heterocycles. The van der Waals surface area contributed by atoms with E-state index in [1.807, 2.05) is 0 Å². The van der Waals surface area contributed by atoms with Crippen molar-refractivity contribution >= 4 is 35.0 Å². The van der Waals surface area contributed by atoms with Crippen molar-refractivity contribution in [2.75, 3.05) is 5.75 Å². The van der Waals surface area contributed by atoms with Gasteiger partial charge in [0.05, 0.1) is 0 Å². The number of halogens is 2. The molecule has 72 valence electrons. The Hall–Kier alpha value is -0.0600. The number of aromatic nitrogens is 3. The van der Waals surface area contributed by atoms with Crippen molar-refractivity contribution in [2.24, 2.45) is 0 Å². The quantitative estimate of drug-likeness (QED) is 0.596. The lowest BCUT2D eigenvalue weighted by atomic mass is 10.4. The largest absolute Gasteiger partial charge is 0.227 e. The Kier molecular flexibility index (Phi) is 4.77. The van der Waals surface area contributed by atoms with E-state index in [9.17, 15) is 0 Å². The van der Waals surface area contributed by atoms with Crippen LogP contribution in [0.5, 0.6) is 0 Å². The predicted molar refractivity (Wildman–Crippen MR) is 55.5 cm³/mol. The fourth-order valence-corrected chi connectivity index (χ4v) is 2.06. The molecule has 3 nitrogen and oxygen atoms in total. The van der Waals surface area contributed by atoms with E-state index in [0.29, 0.717) is 5.16 Å². The Morgan fingerprint density at radius 3 is 2.31 bits per heavy atom. The number of rotatable bonds is 4. The van der Waals surface area contributed by atoms with Crippen LogP contribution in [0.15, 0.2) is 5.16 Å². The van der Waals surface area contributed by atoms with Crippen LogP contribution in [-0.2, 0) is 0 Å². The van der Waals surface area contributed by atoms with Crippen molar-refractivity contribution in [2.45, 2.75) is 24.9 Å². The lowest BCUT2D eigenvalue weighted by Gasteiger charge is -1.98. The zero-order valence-corrected chi connectivity index (χ0v) is 9.46. The molecule has 1 heterocycles. The average Bonchev–Trinajstić information content (AvgIpc) is 2.03. The molecule has 13 heavy (non-hydrogen) atoms. The monoisotopic (exact) mass is 237 g/mol. The lowest BCUT2D eigenvalue weighted by Crippen LogP contribution is -1.92. The molecule has 0 aliphatic carbocycles. The predicted octanol–water partition coefficient (Wildman–Crippen LogP) is 3.07. The minimum atomic E-state index is 0.152. The van der Waals surface area contributed by atoms with Crippen molar-refractivity contribution in [3.05, 3.63) is 10.6 Å². The molecule has 0 radical (unpaired) electrons. The summed E-state index contributed by atoms with van der Waals surface area (Å²) in [6.07, 6.45) is 2.28. The van der Waals surface area contributed by atoms with Crippen LogP contribution in [0.2, 0.25) is 10.6 Å². The molecule has 0 aliphatic rings. The Balaban J connectivity index is 2.56. The van der Waals surface area contributed by atoms with Gasteiger partial charge in [-0.2, -0.15) is 15.0 Å². The molecule has 0 aromatic carbocycles. The van der Waals surface area contributed by atoms with Gasteiger partial charge in [0.2, 0.25) is 10.6 Å². The average molecular weight is 238 g/mol. The van der Waals surface area contributed by atoms with Gasteiger partial charge >= 0.3 is 0 Å². The molecule has 1 aromatic rings. The van der Waals surface area contributed by atoms with Gasteiger partial charge < -0.3 is 0 Å². The number of hydrogen-bond acceptors (Lipinski definition) is 4. The van der Waals surface area contributed by atoms with Gasteiger partial charge in [-0.25, -0.2) is 0 Å². The van der Waals surface area contributed by atoms with Crippen LogP contribution in [0.4, 0.5) is 0 Å². The lowest BCUT2D eigenvalue weighted by molar-refractivity contribution is 0.876. The molecular formula is C7H9Cl2N3S. The fraction of sp³-hybridized carbons (Fsp3) is 0.571. The van der Waals surface area contributed by atoms with Gasteiger partial charge in [0, 0.05) is 5.75 Å². The van der Waals surface area contributed by atoms with E-state index in [1.165, 1.54) is 0 Å². The molecule has 0 saturated heterocycles. The summed E-state index contributed by atoms with van der Waals surface area (Å²) >= 11 is 12.7. The summed E-state index contributed by atoms with van der Waals surface area (Å²) < 4.78 is 0. The summed E-state index contributed by atoms with van der Waals surface area (Å²) in [4.78, 5) is 11.5. The van der Waals surface area contributed by atoms with Gasteiger partial charge in [0.1, 0.15) is 0 Å². The maximum Gasteiger partial charge on any atom is 0.227 e. The molecule has 0 saturated carbocycles. The van der Waals surface area contributed by atoms with E-state index in [-0.39, 0.29) is 10.6 Å².